The second kappa shape index (κ2) is 3.73. The van der Waals surface area contributed by atoms with Gasteiger partial charge in [0.1, 0.15) is 0 Å². The van der Waals surface area contributed by atoms with E-state index in [1.807, 2.05) is 6.92 Å². The highest BCUT2D eigenvalue weighted by atomic mass is 16.4. The van der Waals surface area contributed by atoms with E-state index in [0.717, 1.165) is 18.3 Å². The zero-order chi connectivity index (χ0) is 12.2. The van der Waals surface area contributed by atoms with Crippen LogP contribution in [0.15, 0.2) is 0 Å². The molecule has 0 spiro atoms. The van der Waals surface area contributed by atoms with Gasteiger partial charge in [-0.1, -0.05) is 13.8 Å². The van der Waals surface area contributed by atoms with Crippen molar-refractivity contribution < 1.29 is 9.90 Å². The molecule has 0 aromatic rings. The second-order valence-electron chi connectivity index (χ2n) is 6.83. The van der Waals surface area contributed by atoms with Crippen molar-refractivity contribution in [2.24, 2.45) is 35.0 Å². The summed E-state index contributed by atoms with van der Waals surface area (Å²) in [7, 11) is 0. The Morgan fingerprint density at radius 2 is 1.65 bits per heavy atom. The Morgan fingerprint density at radius 1 is 1.18 bits per heavy atom. The lowest BCUT2D eigenvalue weighted by molar-refractivity contribution is -0.171. The van der Waals surface area contributed by atoms with Crippen LogP contribution < -0.4 is 0 Å². The SMILES string of the molecule is CCC1(C(C)C(=O)O)C2CC3CC(C2)CC1C3. The van der Waals surface area contributed by atoms with Crippen LogP contribution in [0.1, 0.15) is 52.4 Å². The highest BCUT2D eigenvalue weighted by Crippen LogP contribution is 2.65. The number of carbonyl (C=O) groups is 1. The minimum absolute atomic E-state index is 0.124. The molecule has 0 aliphatic heterocycles. The molecule has 4 bridgehead atoms. The Kier molecular flexibility index (Phi) is 2.53. The van der Waals surface area contributed by atoms with E-state index in [9.17, 15) is 9.90 Å². The van der Waals surface area contributed by atoms with Crippen LogP contribution in [-0.4, -0.2) is 11.1 Å². The Morgan fingerprint density at radius 3 is 2.00 bits per heavy atom. The van der Waals surface area contributed by atoms with Gasteiger partial charge in [0, 0.05) is 0 Å². The number of aliphatic carboxylic acids is 1. The topological polar surface area (TPSA) is 37.3 Å². The number of hydrogen-bond acceptors (Lipinski definition) is 1. The van der Waals surface area contributed by atoms with Gasteiger partial charge in [-0.25, -0.2) is 0 Å². The molecular formula is C15H24O2. The molecule has 4 fully saturated rings. The molecular weight excluding hydrogens is 212 g/mol. The molecule has 0 aromatic carbocycles. The van der Waals surface area contributed by atoms with Crippen LogP contribution in [0, 0.1) is 35.0 Å². The molecule has 0 saturated heterocycles. The average Bonchev–Trinajstić information content (AvgIpc) is 2.28. The van der Waals surface area contributed by atoms with Crippen molar-refractivity contribution in [2.75, 3.05) is 0 Å². The van der Waals surface area contributed by atoms with E-state index in [1.165, 1.54) is 32.1 Å². The molecule has 4 rings (SSSR count). The quantitative estimate of drug-likeness (QED) is 0.813. The van der Waals surface area contributed by atoms with Crippen molar-refractivity contribution in [3.8, 4) is 0 Å². The molecule has 17 heavy (non-hydrogen) atoms. The zero-order valence-corrected chi connectivity index (χ0v) is 11.0. The highest BCUT2D eigenvalue weighted by Gasteiger charge is 2.59. The van der Waals surface area contributed by atoms with Gasteiger partial charge in [0.15, 0.2) is 0 Å². The maximum atomic E-state index is 11.5. The van der Waals surface area contributed by atoms with Crippen LogP contribution in [0.5, 0.6) is 0 Å². The number of carboxylic acid groups (broad SMARTS) is 1. The summed E-state index contributed by atoms with van der Waals surface area (Å²) in [5.74, 6) is 2.54. The predicted molar refractivity (Wildman–Crippen MR) is 66.6 cm³/mol. The molecule has 2 heteroatoms. The van der Waals surface area contributed by atoms with Gasteiger partial charge in [0.2, 0.25) is 0 Å². The summed E-state index contributed by atoms with van der Waals surface area (Å²) in [6, 6.07) is 0. The molecule has 1 N–H and O–H groups in total. The molecule has 0 amide bonds. The first-order valence-electron chi connectivity index (χ1n) is 7.30. The number of carboxylic acids is 1. The summed E-state index contributed by atoms with van der Waals surface area (Å²) < 4.78 is 0. The standard InChI is InChI=1S/C15H24O2/c1-3-15(9(2)14(16)17)12-5-10-4-11(7-12)8-13(15)6-10/h9-13H,3-8H2,1-2H3,(H,16,17). The van der Waals surface area contributed by atoms with E-state index in [2.05, 4.69) is 6.92 Å². The Bertz CT molecular complexity index is 306. The van der Waals surface area contributed by atoms with Crippen LogP contribution in [0.4, 0.5) is 0 Å². The van der Waals surface area contributed by atoms with Crippen LogP contribution >= 0.6 is 0 Å². The summed E-state index contributed by atoms with van der Waals surface area (Å²) in [6.45, 7) is 4.19. The third-order valence-corrected chi connectivity index (χ3v) is 6.45. The van der Waals surface area contributed by atoms with Gasteiger partial charge >= 0.3 is 5.97 Å². The first kappa shape index (κ1) is 11.6. The fourth-order valence-electron chi connectivity index (χ4n) is 5.88. The molecule has 4 saturated carbocycles. The van der Waals surface area contributed by atoms with Crippen LogP contribution in [0.2, 0.25) is 0 Å². The van der Waals surface area contributed by atoms with Gasteiger partial charge in [-0.2, -0.15) is 0 Å². The van der Waals surface area contributed by atoms with E-state index in [-0.39, 0.29) is 11.3 Å². The van der Waals surface area contributed by atoms with Crippen molar-refractivity contribution in [2.45, 2.75) is 52.4 Å². The first-order valence-corrected chi connectivity index (χ1v) is 7.30. The lowest BCUT2D eigenvalue weighted by Gasteiger charge is -2.62. The van der Waals surface area contributed by atoms with Gasteiger partial charge in [-0.15, -0.1) is 0 Å². The normalized spacial score (nSPS) is 49.3. The Balaban J connectivity index is 1.97. The van der Waals surface area contributed by atoms with Gasteiger partial charge in [0.05, 0.1) is 5.92 Å². The van der Waals surface area contributed by atoms with Crippen molar-refractivity contribution in [3.05, 3.63) is 0 Å². The summed E-state index contributed by atoms with van der Waals surface area (Å²) in [5.41, 5.74) is 0.124. The van der Waals surface area contributed by atoms with E-state index in [0.29, 0.717) is 11.8 Å². The molecule has 2 nitrogen and oxygen atoms in total. The van der Waals surface area contributed by atoms with Gasteiger partial charge in [-0.3, -0.25) is 4.79 Å². The Labute approximate surface area is 104 Å². The third-order valence-electron chi connectivity index (χ3n) is 6.45. The first-order chi connectivity index (χ1) is 8.07. The van der Waals surface area contributed by atoms with Crippen molar-refractivity contribution in [1.29, 1.82) is 0 Å². The van der Waals surface area contributed by atoms with Gasteiger partial charge < -0.3 is 5.11 Å². The maximum absolute atomic E-state index is 11.5. The highest BCUT2D eigenvalue weighted by molar-refractivity contribution is 5.70. The van der Waals surface area contributed by atoms with Crippen molar-refractivity contribution >= 4 is 5.97 Å². The molecule has 1 unspecified atom stereocenters. The molecule has 4 aliphatic carbocycles. The second-order valence-corrected chi connectivity index (χ2v) is 6.83. The minimum Gasteiger partial charge on any atom is -0.481 e. The zero-order valence-electron chi connectivity index (χ0n) is 11.0. The molecule has 4 aliphatic rings. The summed E-state index contributed by atoms with van der Waals surface area (Å²) in [6.07, 6.45) is 7.78. The third kappa shape index (κ3) is 1.42. The van der Waals surface area contributed by atoms with E-state index in [4.69, 9.17) is 0 Å². The van der Waals surface area contributed by atoms with Crippen molar-refractivity contribution in [1.82, 2.24) is 0 Å². The fourth-order valence-corrected chi connectivity index (χ4v) is 5.88. The summed E-state index contributed by atoms with van der Waals surface area (Å²) in [4.78, 5) is 11.5. The monoisotopic (exact) mass is 236 g/mol. The largest absolute Gasteiger partial charge is 0.481 e. The minimum atomic E-state index is -0.570. The molecule has 96 valence electrons. The van der Waals surface area contributed by atoms with Crippen LogP contribution in [0.3, 0.4) is 0 Å². The van der Waals surface area contributed by atoms with Crippen LogP contribution in [-0.2, 0) is 4.79 Å². The molecule has 0 heterocycles. The van der Waals surface area contributed by atoms with E-state index in [1.54, 1.807) is 0 Å². The number of rotatable bonds is 3. The van der Waals surface area contributed by atoms with Gasteiger partial charge in [-0.05, 0) is 67.6 Å². The Hall–Kier alpha value is -0.530. The predicted octanol–water partition coefficient (Wildman–Crippen LogP) is 3.56. The fraction of sp³-hybridized carbons (Fsp3) is 0.933. The van der Waals surface area contributed by atoms with Crippen molar-refractivity contribution in [3.63, 3.8) is 0 Å². The van der Waals surface area contributed by atoms with Crippen LogP contribution in [0.25, 0.3) is 0 Å². The summed E-state index contributed by atoms with van der Waals surface area (Å²) in [5, 5.41) is 9.46. The average molecular weight is 236 g/mol. The molecule has 1 atom stereocenters. The smallest absolute Gasteiger partial charge is 0.306 e. The maximum Gasteiger partial charge on any atom is 0.306 e. The molecule has 0 radical (unpaired) electrons. The lowest BCUT2D eigenvalue weighted by Crippen LogP contribution is -2.56. The van der Waals surface area contributed by atoms with E-state index < -0.39 is 5.97 Å². The van der Waals surface area contributed by atoms with E-state index >= 15 is 0 Å². The lowest BCUT2D eigenvalue weighted by atomic mass is 9.42. The summed E-state index contributed by atoms with van der Waals surface area (Å²) >= 11 is 0. The molecule has 0 aromatic heterocycles. The number of hydrogen-bond donors (Lipinski definition) is 1. The van der Waals surface area contributed by atoms with Gasteiger partial charge in [0.25, 0.3) is 0 Å².